The van der Waals surface area contributed by atoms with Crippen molar-refractivity contribution in [2.24, 2.45) is 34.5 Å². The summed E-state index contributed by atoms with van der Waals surface area (Å²) in [6.45, 7) is 4.73. The molecular weight excluding hydrogens is 328 g/mol. The minimum atomic E-state index is -0.804. The van der Waals surface area contributed by atoms with Crippen LogP contribution in [-0.2, 0) is 4.79 Å². The fraction of sp³-hybridized carbons (Fsp3) is 0.955. The number of fused-ring (bicyclic) bond motifs is 5. The second-order valence-corrected chi connectivity index (χ2v) is 10.5. The molecular formula is C22H36O4. The van der Waals surface area contributed by atoms with Crippen LogP contribution in [0, 0.1) is 34.5 Å². The highest BCUT2D eigenvalue weighted by molar-refractivity contribution is 5.66. The lowest BCUT2D eigenvalue weighted by molar-refractivity contribution is -0.163. The van der Waals surface area contributed by atoms with Crippen LogP contribution in [0.25, 0.3) is 0 Å². The molecule has 4 aliphatic rings. The number of carbonyl (C=O) groups is 1. The Morgan fingerprint density at radius 1 is 1.00 bits per heavy atom. The lowest BCUT2D eigenvalue weighted by Gasteiger charge is -2.61. The Morgan fingerprint density at radius 3 is 2.46 bits per heavy atom. The van der Waals surface area contributed by atoms with Crippen molar-refractivity contribution in [2.75, 3.05) is 0 Å². The lowest BCUT2D eigenvalue weighted by Crippen LogP contribution is -2.56. The molecule has 0 heterocycles. The maximum atomic E-state index is 11.4. The highest BCUT2D eigenvalue weighted by Crippen LogP contribution is 2.68. The number of aliphatic hydroxyl groups is 2. The van der Waals surface area contributed by atoms with Gasteiger partial charge in [-0.15, -0.1) is 0 Å². The molecule has 8 atom stereocenters. The Hall–Kier alpha value is -0.610. The van der Waals surface area contributed by atoms with Crippen LogP contribution in [0.1, 0.15) is 84.5 Å². The first kappa shape index (κ1) is 18.7. The van der Waals surface area contributed by atoms with Crippen molar-refractivity contribution in [1.82, 2.24) is 0 Å². The van der Waals surface area contributed by atoms with Crippen molar-refractivity contribution in [1.29, 1.82) is 0 Å². The molecule has 0 amide bonds. The van der Waals surface area contributed by atoms with Crippen molar-refractivity contribution in [2.45, 2.75) is 96.2 Å². The van der Waals surface area contributed by atoms with E-state index in [9.17, 15) is 15.0 Å². The molecule has 4 nitrogen and oxygen atoms in total. The molecule has 4 rings (SSSR count). The van der Waals surface area contributed by atoms with Gasteiger partial charge in [0, 0.05) is 6.42 Å². The molecule has 0 saturated heterocycles. The van der Waals surface area contributed by atoms with E-state index in [4.69, 9.17) is 5.11 Å². The maximum absolute atomic E-state index is 11.4. The van der Waals surface area contributed by atoms with Crippen molar-refractivity contribution < 1.29 is 20.1 Å². The van der Waals surface area contributed by atoms with Gasteiger partial charge < -0.3 is 15.3 Å². The molecule has 0 spiro atoms. The SMILES string of the molecule is C[C@]12CC[C@H](O)C[C@H]1CC[C@@H]1[C@@H]2CC[C@@]2(C)[C@H]1CC[C@@]2(O)CCC(=O)O. The molecule has 26 heavy (non-hydrogen) atoms. The van der Waals surface area contributed by atoms with E-state index in [-0.39, 0.29) is 17.9 Å². The van der Waals surface area contributed by atoms with Gasteiger partial charge in [0.25, 0.3) is 0 Å². The molecule has 0 aromatic heterocycles. The van der Waals surface area contributed by atoms with Gasteiger partial charge in [0.15, 0.2) is 0 Å². The molecule has 0 aromatic carbocycles. The minimum absolute atomic E-state index is 0.0740. The molecule has 4 heteroatoms. The van der Waals surface area contributed by atoms with Crippen molar-refractivity contribution in [3.05, 3.63) is 0 Å². The highest BCUT2D eigenvalue weighted by Gasteiger charge is 2.64. The molecule has 148 valence electrons. The number of hydrogen-bond donors (Lipinski definition) is 3. The van der Waals surface area contributed by atoms with Crippen molar-refractivity contribution in [3.8, 4) is 0 Å². The fourth-order valence-corrected chi connectivity index (χ4v) is 8.07. The third-order valence-electron chi connectivity index (χ3n) is 9.71. The lowest BCUT2D eigenvalue weighted by atomic mass is 9.44. The summed E-state index contributed by atoms with van der Waals surface area (Å²) in [5.74, 6) is 1.78. The predicted octanol–water partition coefficient (Wildman–Crippen LogP) is 3.99. The summed E-state index contributed by atoms with van der Waals surface area (Å²) in [5.41, 5.74) is -0.576. The van der Waals surface area contributed by atoms with Crippen LogP contribution in [0.2, 0.25) is 0 Å². The first-order valence-electron chi connectivity index (χ1n) is 10.8. The van der Waals surface area contributed by atoms with Crippen LogP contribution in [0.15, 0.2) is 0 Å². The standard InChI is InChI=1S/C22H36O4/c1-20-9-5-15(23)13-14(20)3-4-16-17(20)6-10-21(2)18(16)7-11-22(21,26)12-8-19(24)25/h14-18,23,26H,3-13H2,1-2H3,(H,24,25)/t14-,15+,16-,17+,18+,20+,21+,22-/m1/s1. The number of carboxylic acid groups (broad SMARTS) is 1. The maximum Gasteiger partial charge on any atom is 0.303 e. The first-order chi connectivity index (χ1) is 12.2. The van der Waals surface area contributed by atoms with E-state index in [0.717, 1.165) is 44.9 Å². The summed E-state index contributed by atoms with van der Waals surface area (Å²) < 4.78 is 0. The van der Waals surface area contributed by atoms with Gasteiger partial charge in [-0.25, -0.2) is 0 Å². The van der Waals surface area contributed by atoms with E-state index < -0.39 is 11.6 Å². The molecule has 0 radical (unpaired) electrons. The molecule has 4 fully saturated rings. The minimum Gasteiger partial charge on any atom is -0.481 e. The van der Waals surface area contributed by atoms with E-state index in [0.29, 0.717) is 35.5 Å². The van der Waals surface area contributed by atoms with Crippen LogP contribution >= 0.6 is 0 Å². The Kier molecular flexibility index (Phi) is 4.47. The van der Waals surface area contributed by atoms with Gasteiger partial charge >= 0.3 is 5.97 Å². The largest absolute Gasteiger partial charge is 0.481 e. The normalized spacial score (nSPS) is 53.5. The Balaban J connectivity index is 1.57. The number of rotatable bonds is 3. The van der Waals surface area contributed by atoms with Gasteiger partial charge in [-0.05, 0) is 98.7 Å². The van der Waals surface area contributed by atoms with Gasteiger partial charge in [-0.1, -0.05) is 13.8 Å². The number of aliphatic hydroxyl groups excluding tert-OH is 1. The average molecular weight is 365 g/mol. The predicted molar refractivity (Wildman–Crippen MR) is 99.6 cm³/mol. The van der Waals surface area contributed by atoms with E-state index in [1.54, 1.807) is 0 Å². The third kappa shape index (κ3) is 2.58. The fourth-order valence-electron chi connectivity index (χ4n) is 8.07. The second-order valence-electron chi connectivity index (χ2n) is 10.5. The van der Waals surface area contributed by atoms with Gasteiger partial charge in [-0.2, -0.15) is 0 Å². The highest BCUT2D eigenvalue weighted by atomic mass is 16.4. The topological polar surface area (TPSA) is 77.8 Å². The molecule has 4 saturated carbocycles. The molecule has 0 aliphatic heterocycles. The van der Waals surface area contributed by atoms with E-state index in [2.05, 4.69) is 13.8 Å². The van der Waals surface area contributed by atoms with Gasteiger partial charge in [0.2, 0.25) is 0 Å². The second kappa shape index (κ2) is 6.20. The zero-order valence-corrected chi connectivity index (χ0v) is 16.4. The summed E-state index contributed by atoms with van der Waals surface area (Å²) in [5, 5.41) is 30.7. The molecule has 0 aromatic rings. The number of hydrogen-bond acceptors (Lipinski definition) is 3. The Morgan fingerprint density at radius 2 is 1.73 bits per heavy atom. The first-order valence-corrected chi connectivity index (χ1v) is 10.8. The summed E-state index contributed by atoms with van der Waals surface area (Å²) in [6.07, 6.45) is 9.89. The van der Waals surface area contributed by atoms with Crippen LogP contribution < -0.4 is 0 Å². The smallest absolute Gasteiger partial charge is 0.303 e. The van der Waals surface area contributed by atoms with Gasteiger partial charge in [-0.3, -0.25) is 4.79 Å². The van der Waals surface area contributed by atoms with Crippen LogP contribution in [-0.4, -0.2) is 33.0 Å². The molecule has 0 unspecified atom stereocenters. The monoisotopic (exact) mass is 364 g/mol. The summed E-state index contributed by atoms with van der Waals surface area (Å²) >= 11 is 0. The van der Waals surface area contributed by atoms with E-state index in [1.165, 1.54) is 12.8 Å². The summed E-state index contributed by atoms with van der Waals surface area (Å²) in [6, 6.07) is 0. The van der Waals surface area contributed by atoms with Crippen LogP contribution in [0.4, 0.5) is 0 Å². The van der Waals surface area contributed by atoms with Crippen LogP contribution in [0.5, 0.6) is 0 Å². The van der Waals surface area contributed by atoms with Gasteiger partial charge in [0.05, 0.1) is 11.7 Å². The summed E-state index contributed by atoms with van der Waals surface area (Å²) in [4.78, 5) is 11.1. The van der Waals surface area contributed by atoms with Crippen molar-refractivity contribution in [3.63, 3.8) is 0 Å². The Labute approximate surface area is 157 Å². The third-order valence-corrected chi connectivity index (χ3v) is 9.71. The average Bonchev–Trinajstić information content (AvgIpc) is 2.86. The van der Waals surface area contributed by atoms with Gasteiger partial charge in [0.1, 0.15) is 0 Å². The zero-order valence-electron chi connectivity index (χ0n) is 16.4. The molecule has 4 aliphatic carbocycles. The number of aliphatic carboxylic acids is 1. The zero-order chi connectivity index (χ0) is 18.7. The van der Waals surface area contributed by atoms with Crippen molar-refractivity contribution >= 4 is 5.97 Å². The van der Waals surface area contributed by atoms with E-state index >= 15 is 0 Å². The molecule has 0 bridgehead atoms. The molecule has 3 N–H and O–H groups in total. The Bertz CT molecular complexity index is 576. The van der Waals surface area contributed by atoms with E-state index in [1.807, 2.05) is 0 Å². The quantitative estimate of drug-likeness (QED) is 0.708. The summed E-state index contributed by atoms with van der Waals surface area (Å²) in [7, 11) is 0. The van der Waals surface area contributed by atoms with Crippen LogP contribution in [0.3, 0.4) is 0 Å². The number of carboxylic acids is 1.